The number of nitrogens with one attached hydrogen (secondary N) is 1. The number of aromatic nitrogens is 2. The number of benzene rings is 1. The molecule has 1 heterocycles. The third-order valence-electron chi connectivity index (χ3n) is 2.38. The molecule has 0 unspecified atom stereocenters. The summed E-state index contributed by atoms with van der Waals surface area (Å²) in [4.78, 5) is 0. The van der Waals surface area contributed by atoms with E-state index in [2.05, 4.69) is 26.3 Å². The van der Waals surface area contributed by atoms with E-state index in [0.717, 1.165) is 21.7 Å². The van der Waals surface area contributed by atoms with Crippen LogP contribution in [-0.2, 0) is 7.05 Å². The van der Waals surface area contributed by atoms with Crippen LogP contribution in [-0.4, -0.2) is 9.78 Å². The van der Waals surface area contributed by atoms with Crippen LogP contribution in [0.1, 0.15) is 5.69 Å². The van der Waals surface area contributed by atoms with Gasteiger partial charge in [0.2, 0.25) is 0 Å². The van der Waals surface area contributed by atoms with Gasteiger partial charge in [0.1, 0.15) is 0 Å². The highest BCUT2D eigenvalue weighted by atomic mass is 79.9. The predicted molar refractivity (Wildman–Crippen MR) is 69.8 cm³/mol. The zero-order valence-corrected chi connectivity index (χ0v) is 10.7. The molecule has 1 aromatic heterocycles. The first-order valence-corrected chi connectivity index (χ1v) is 5.69. The summed E-state index contributed by atoms with van der Waals surface area (Å²) in [5, 5.41) is 7.49. The Balaban J connectivity index is 2.30. The van der Waals surface area contributed by atoms with Crippen LogP contribution in [0.4, 0.5) is 17.2 Å². The summed E-state index contributed by atoms with van der Waals surface area (Å²) in [6.07, 6.45) is 0. The number of anilines is 3. The zero-order chi connectivity index (χ0) is 11.7. The highest BCUT2D eigenvalue weighted by molar-refractivity contribution is 9.10. The number of nitrogens with two attached hydrogens (primary N) is 1. The summed E-state index contributed by atoms with van der Waals surface area (Å²) in [7, 11) is 1.87. The molecule has 0 atom stereocenters. The lowest BCUT2D eigenvalue weighted by Gasteiger charge is -2.07. The van der Waals surface area contributed by atoms with Crippen LogP contribution in [0.2, 0.25) is 0 Å². The van der Waals surface area contributed by atoms with Crippen LogP contribution in [0, 0.1) is 6.92 Å². The van der Waals surface area contributed by atoms with Crippen LogP contribution >= 0.6 is 15.9 Å². The molecule has 0 spiro atoms. The fraction of sp³-hybridized carbons (Fsp3) is 0.182. The van der Waals surface area contributed by atoms with Crippen molar-refractivity contribution in [2.24, 2.45) is 7.05 Å². The van der Waals surface area contributed by atoms with Crippen molar-refractivity contribution in [1.29, 1.82) is 0 Å². The SMILES string of the molecule is Cc1nn(C)c(Nc2ccc(Br)cc2)c1N. The van der Waals surface area contributed by atoms with Crippen molar-refractivity contribution < 1.29 is 0 Å². The normalized spacial score (nSPS) is 10.4. The lowest BCUT2D eigenvalue weighted by atomic mass is 10.3. The second kappa shape index (κ2) is 4.17. The number of halogens is 1. The molecule has 5 heteroatoms. The van der Waals surface area contributed by atoms with Crippen molar-refractivity contribution in [2.45, 2.75) is 6.92 Å². The quantitative estimate of drug-likeness (QED) is 0.890. The first-order valence-electron chi connectivity index (χ1n) is 4.89. The Morgan fingerprint density at radius 3 is 2.44 bits per heavy atom. The van der Waals surface area contributed by atoms with Crippen molar-refractivity contribution in [3.8, 4) is 0 Å². The molecule has 2 rings (SSSR count). The molecule has 84 valence electrons. The number of nitrogens with zero attached hydrogens (tertiary/aromatic N) is 2. The minimum absolute atomic E-state index is 0.686. The average Bonchev–Trinajstić information content (AvgIpc) is 2.48. The van der Waals surface area contributed by atoms with E-state index in [1.807, 2.05) is 38.2 Å². The van der Waals surface area contributed by atoms with E-state index in [4.69, 9.17) is 5.73 Å². The number of rotatable bonds is 2. The molecule has 2 aromatic rings. The van der Waals surface area contributed by atoms with Gasteiger partial charge in [0.25, 0.3) is 0 Å². The van der Waals surface area contributed by atoms with Crippen molar-refractivity contribution in [3.05, 3.63) is 34.4 Å². The maximum Gasteiger partial charge on any atom is 0.152 e. The highest BCUT2D eigenvalue weighted by Crippen LogP contribution is 2.25. The van der Waals surface area contributed by atoms with Gasteiger partial charge in [-0.3, -0.25) is 4.68 Å². The van der Waals surface area contributed by atoms with Gasteiger partial charge in [-0.2, -0.15) is 5.10 Å². The van der Waals surface area contributed by atoms with Crippen LogP contribution in [0.5, 0.6) is 0 Å². The maximum atomic E-state index is 5.93. The fourth-order valence-corrected chi connectivity index (χ4v) is 1.76. The Kier molecular flexibility index (Phi) is 2.87. The van der Waals surface area contributed by atoms with Gasteiger partial charge in [0, 0.05) is 17.2 Å². The highest BCUT2D eigenvalue weighted by Gasteiger charge is 2.09. The summed E-state index contributed by atoms with van der Waals surface area (Å²) in [6.45, 7) is 1.89. The number of nitrogen functional groups attached to an aromatic ring is 1. The molecule has 0 radical (unpaired) electrons. The van der Waals surface area contributed by atoms with E-state index >= 15 is 0 Å². The molecular formula is C11H13BrN4. The molecule has 0 aliphatic heterocycles. The van der Waals surface area contributed by atoms with Gasteiger partial charge in [-0.25, -0.2) is 0 Å². The largest absolute Gasteiger partial charge is 0.394 e. The Hall–Kier alpha value is -1.49. The Morgan fingerprint density at radius 2 is 1.94 bits per heavy atom. The van der Waals surface area contributed by atoms with E-state index in [1.54, 1.807) is 4.68 Å². The van der Waals surface area contributed by atoms with E-state index in [1.165, 1.54) is 0 Å². The molecular weight excluding hydrogens is 268 g/mol. The molecule has 4 nitrogen and oxygen atoms in total. The topological polar surface area (TPSA) is 55.9 Å². The zero-order valence-electron chi connectivity index (χ0n) is 9.16. The molecule has 0 aliphatic carbocycles. The third-order valence-corrected chi connectivity index (χ3v) is 2.90. The summed E-state index contributed by atoms with van der Waals surface area (Å²) >= 11 is 3.39. The fourth-order valence-electron chi connectivity index (χ4n) is 1.49. The lowest BCUT2D eigenvalue weighted by Crippen LogP contribution is -2.01. The van der Waals surface area contributed by atoms with Crippen molar-refractivity contribution >= 4 is 33.1 Å². The molecule has 0 saturated heterocycles. The standard InChI is InChI=1S/C11H13BrN4/c1-7-10(13)11(16(2)15-7)14-9-5-3-8(12)4-6-9/h3-6,14H,13H2,1-2H3. The summed E-state index contributed by atoms with van der Waals surface area (Å²) in [5.74, 6) is 0.819. The van der Waals surface area contributed by atoms with Gasteiger partial charge < -0.3 is 11.1 Å². The Morgan fingerprint density at radius 1 is 1.31 bits per heavy atom. The van der Waals surface area contributed by atoms with Gasteiger partial charge in [-0.05, 0) is 31.2 Å². The number of hydrogen-bond donors (Lipinski definition) is 2. The second-order valence-electron chi connectivity index (χ2n) is 3.60. The van der Waals surface area contributed by atoms with Crippen molar-refractivity contribution in [2.75, 3.05) is 11.1 Å². The van der Waals surface area contributed by atoms with Crippen molar-refractivity contribution in [1.82, 2.24) is 9.78 Å². The van der Waals surface area contributed by atoms with Gasteiger partial charge in [0.05, 0.1) is 11.4 Å². The Labute approximate surface area is 103 Å². The van der Waals surface area contributed by atoms with E-state index in [9.17, 15) is 0 Å². The molecule has 0 aliphatic rings. The molecule has 3 N–H and O–H groups in total. The van der Waals surface area contributed by atoms with Crippen LogP contribution < -0.4 is 11.1 Å². The first kappa shape index (κ1) is 11.0. The summed E-state index contributed by atoms with van der Waals surface area (Å²) in [5.41, 5.74) is 8.43. The molecule has 0 amide bonds. The van der Waals surface area contributed by atoms with Crippen LogP contribution in [0.15, 0.2) is 28.7 Å². The van der Waals surface area contributed by atoms with E-state index in [-0.39, 0.29) is 0 Å². The number of aryl methyl sites for hydroxylation is 2. The monoisotopic (exact) mass is 280 g/mol. The second-order valence-corrected chi connectivity index (χ2v) is 4.52. The average molecular weight is 281 g/mol. The smallest absolute Gasteiger partial charge is 0.152 e. The molecule has 0 fully saturated rings. The van der Waals surface area contributed by atoms with Gasteiger partial charge in [-0.1, -0.05) is 15.9 Å². The number of hydrogen-bond acceptors (Lipinski definition) is 3. The predicted octanol–water partition coefficient (Wildman–Crippen LogP) is 2.82. The third kappa shape index (κ3) is 2.04. The van der Waals surface area contributed by atoms with Crippen LogP contribution in [0.25, 0.3) is 0 Å². The molecule has 1 aromatic carbocycles. The molecule has 0 saturated carbocycles. The van der Waals surface area contributed by atoms with E-state index < -0.39 is 0 Å². The first-order chi connectivity index (χ1) is 7.58. The molecule has 16 heavy (non-hydrogen) atoms. The molecule has 0 bridgehead atoms. The van der Waals surface area contributed by atoms with E-state index in [0.29, 0.717) is 5.69 Å². The minimum Gasteiger partial charge on any atom is -0.394 e. The van der Waals surface area contributed by atoms with Crippen molar-refractivity contribution in [3.63, 3.8) is 0 Å². The Bertz CT molecular complexity index is 501. The van der Waals surface area contributed by atoms with Crippen LogP contribution in [0.3, 0.4) is 0 Å². The summed E-state index contributed by atoms with van der Waals surface area (Å²) in [6, 6.07) is 7.90. The van der Waals surface area contributed by atoms with Gasteiger partial charge in [-0.15, -0.1) is 0 Å². The maximum absolute atomic E-state index is 5.93. The van der Waals surface area contributed by atoms with Gasteiger partial charge >= 0.3 is 0 Å². The van der Waals surface area contributed by atoms with Gasteiger partial charge in [0.15, 0.2) is 5.82 Å². The summed E-state index contributed by atoms with van der Waals surface area (Å²) < 4.78 is 2.79. The lowest BCUT2D eigenvalue weighted by molar-refractivity contribution is 0.765. The minimum atomic E-state index is 0.686.